The Balaban J connectivity index is 1.92. The van der Waals surface area contributed by atoms with Gasteiger partial charge in [-0.15, -0.1) is 0 Å². The Morgan fingerprint density at radius 2 is 2.25 bits per heavy atom. The molecule has 2 amide bonds. The highest BCUT2D eigenvalue weighted by atomic mass is 16.3. The Kier molecular flexibility index (Phi) is 4.74. The number of hydrogen-bond donors (Lipinski definition) is 3. The summed E-state index contributed by atoms with van der Waals surface area (Å²) < 4.78 is 0. The van der Waals surface area contributed by atoms with Crippen LogP contribution < -0.4 is 10.6 Å². The number of rotatable bonds is 5. The molecule has 20 heavy (non-hydrogen) atoms. The van der Waals surface area contributed by atoms with E-state index in [0.29, 0.717) is 31.4 Å². The molecule has 1 heterocycles. The molecule has 5 nitrogen and oxygen atoms in total. The van der Waals surface area contributed by atoms with Crippen molar-refractivity contribution in [3.8, 4) is 0 Å². The molecule has 0 radical (unpaired) electrons. The number of amides is 2. The third kappa shape index (κ3) is 3.81. The summed E-state index contributed by atoms with van der Waals surface area (Å²) in [6, 6.07) is 5.32. The van der Waals surface area contributed by atoms with Gasteiger partial charge in [0.05, 0.1) is 6.10 Å². The fourth-order valence-corrected chi connectivity index (χ4v) is 2.23. The number of nitrogens with one attached hydrogen (secondary N) is 2. The van der Waals surface area contributed by atoms with Crippen molar-refractivity contribution >= 4 is 17.5 Å². The second-order valence-electron chi connectivity index (χ2n) is 5.17. The molecule has 1 aliphatic heterocycles. The Hall–Kier alpha value is -1.88. The second-order valence-corrected chi connectivity index (χ2v) is 5.17. The number of aliphatic hydroxyl groups is 1. The van der Waals surface area contributed by atoms with E-state index in [-0.39, 0.29) is 17.9 Å². The molecule has 0 aliphatic carbocycles. The zero-order valence-electron chi connectivity index (χ0n) is 11.6. The predicted molar refractivity (Wildman–Crippen MR) is 76.6 cm³/mol. The number of carbonyl (C=O) groups is 2. The van der Waals surface area contributed by atoms with Gasteiger partial charge < -0.3 is 15.7 Å². The summed E-state index contributed by atoms with van der Waals surface area (Å²) in [6.07, 6.45) is 2.23. The summed E-state index contributed by atoms with van der Waals surface area (Å²) in [5.41, 5.74) is 2.41. The molecule has 1 aromatic rings. The van der Waals surface area contributed by atoms with Gasteiger partial charge in [0.25, 0.3) is 5.91 Å². The SMILES string of the molecule is CC(O)CCCNC(=O)c1ccc2c(c1)CCC(=O)N2. The normalized spacial score (nSPS) is 15.2. The van der Waals surface area contributed by atoms with Crippen molar-refractivity contribution in [1.82, 2.24) is 5.32 Å². The van der Waals surface area contributed by atoms with Crippen molar-refractivity contribution in [2.75, 3.05) is 11.9 Å². The van der Waals surface area contributed by atoms with Crippen molar-refractivity contribution in [2.45, 2.75) is 38.7 Å². The molecule has 1 aromatic carbocycles. The van der Waals surface area contributed by atoms with Gasteiger partial charge in [-0.05, 0) is 49.9 Å². The maximum absolute atomic E-state index is 12.0. The molecule has 5 heteroatoms. The lowest BCUT2D eigenvalue weighted by atomic mass is 10.00. The number of benzene rings is 1. The smallest absolute Gasteiger partial charge is 0.251 e. The minimum Gasteiger partial charge on any atom is -0.393 e. The van der Waals surface area contributed by atoms with E-state index in [0.717, 1.165) is 17.7 Å². The highest BCUT2D eigenvalue weighted by Crippen LogP contribution is 2.23. The lowest BCUT2D eigenvalue weighted by Crippen LogP contribution is -2.26. The quantitative estimate of drug-likeness (QED) is 0.712. The van der Waals surface area contributed by atoms with Gasteiger partial charge in [0.15, 0.2) is 0 Å². The van der Waals surface area contributed by atoms with E-state index >= 15 is 0 Å². The molecular formula is C15H20N2O3. The van der Waals surface area contributed by atoms with Crippen molar-refractivity contribution in [3.05, 3.63) is 29.3 Å². The minimum absolute atomic E-state index is 0.0211. The predicted octanol–water partition coefficient (Wildman–Crippen LogP) is 1.46. The van der Waals surface area contributed by atoms with Gasteiger partial charge in [0.2, 0.25) is 5.91 Å². The molecule has 0 fully saturated rings. The summed E-state index contributed by atoms with van der Waals surface area (Å²) >= 11 is 0. The van der Waals surface area contributed by atoms with Crippen molar-refractivity contribution in [1.29, 1.82) is 0 Å². The van der Waals surface area contributed by atoms with E-state index in [1.165, 1.54) is 0 Å². The van der Waals surface area contributed by atoms with E-state index < -0.39 is 0 Å². The summed E-state index contributed by atoms with van der Waals surface area (Å²) in [7, 11) is 0. The zero-order valence-corrected chi connectivity index (χ0v) is 11.6. The number of aryl methyl sites for hydroxylation is 1. The van der Waals surface area contributed by atoms with Gasteiger partial charge in [-0.25, -0.2) is 0 Å². The highest BCUT2D eigenvalue weighted by Gasteiger charge is 2.16. The van der Waals surface area contributed by atoms with Crippen LogP contribution in [0.25, 0.3) is 0 Å². The number of aliphatic hydroxyl groups excluding tert-OH is 1. The molecule has 3 N–H and O–H groups in total. The molecule has 0 spiro atoms. The zero-order chi connectivity index (χ0) is 14.5. The summed E-state index contributed by atoms with van der Waals surface area (Å²) in [4.78, 5) is 23.2. The minimum atomic E-state index is -0.334. The third-order valence-electron chi connectivity index (χ3n) is 3.35. The molecule has 0 saturated heterocycles. The molecule has 0 saturated carbocycles. The Morgan fingerprint density at radius 1 is 1.45 bits per heavy atom. The monoisotopic (exact) mass is 276 g/mol. The third-order valence-corrected chi connectivity index (χ3v) is 3.35. The van der Waals surface area contributed by atoms with Gasteiger partial charge in [-0.2, -0.15) is 0 Å². The molecule has 0 aromatic heterocycles. The fourth-order valence-electron chi connectivity index (χ4n) is 2.23. The summed E-state index contributed by atoms with van der Waals surface area (Å²) in [6.45, 7) is 2.29. The first kappa shape index (κ1) is 14.5. The maximum atomic E-state index is 12.0. The lowest BCUT2D eigenvalue weighted by Gasteiger charge is -2.17. The van der Waals surface area contributed by atoms with Crippen LogP contribution in [0.15, 0.2) is 18.2 Å². The topological polar surface area (TPSA) is 78.4 Å². The van der Waals surface area contributed by atoms with E-state index in [9.17, 15) is 9.59 Å². The van der Waals surface area contributed by atoms with Gasteiger partial charge in [-0.1, -0.05) is 0 Å². The largest absolute Gasteiger partial charge is 0.393 e. The number of hydrogen-bond acceptors (Lipinski definition) is 3. The van der Waals surface area contributed by atoms with Crippen LogP contribution in [0, 0.1) is 0 Å². The molecule has 1 aliphatic rings. The summed E-state index contributed by atoms with van der Waals surface area (Å²) in [5, 5.41) is 14.8. The summed E-state index contributed by atoms with van der Waals surface area (Å²) in [5.74, 6) is -0.0943. The van der Waals surface area contributed by atoms with Gasteiger partial charge in [0.1, 0.15) is 0 Å². The van der Waals surface area contributed by atoms with Crippen LogP contribution in [-0.4, -0.2) is 29.6 Å². The molecular weight excluding hydrogens is 256 g/mol. The highest BCUT2D eigenvalue weighted by molar-refractivity contribution is 5.97. The van der Waals surface area contributed by atoms with Crippen LogP contribution in [-0.2, 0) is 11.2 Å². The van der Waals surface area contributed by atoms with Crippen LogP contribution in [0.3, 0.4) is 0 Å². The number of fused-ring (bicyclic) bond motifs is 1. The molecule has 108 valence electrons. The van der Waals surface area contributed by atoms with E-state index in [2.05, 4.69) is 10.6 Å². The van der Waals surface area contributed by atoms with Gasteiger partial charge in [0, 0.05) is 24.2 Å². The number of carbonyl (C=O) groups excluding carboxylic acids is 2. The maximum Gasteiger partial charge on any atom is 0.251 e. The average molecular weight is 276 g/mol. The van der Waals surface area contributed by atoms with E-state index in [4.69, 9.17) is 5.11 Å². The fraction of sp³-hybridized carbons (Fsp3) is 0.467. The Morgan fingerprint density at radius 3 is 3.00 bits per heavy atom. The number of anilines is 1. The Bertz CT molecular complexity index is 512. The standard InChI is InChI=1S/C15H20N2O3/c1-10(18)3-2-8-16-15(20)12-4-6-13-11(9-12)5-7-14(19)17-13/h4,6,9-10,18H,2-3,5,7-8H2,1H3,(H,16,20)(H,17,19). The molecule has 2 rings (SSSR count). The van der Waals surface area contributed by atoms with Crippen molar-refractivity contribution < 1.29 is 14.7 Å². The molecule has 0 bridgehead atoms. The van der Waals surface area contributed by atoms with Crippen LogP contribution in [0.2, 0.25) is 0 Å². The van der Waals surface area contributed by atoms with Crippen LogP contribution in [0.1, 0.15) is 42.1 Å². The van der Waals surface area contributed by atoms with Gasteiger partial charge in [-0.3, -0.25) is 9.59 Å². The van der Waals surface area contributed by atoms with Crippen molar-refractivity contribution in [3.63, 3.8) is 0 Å². The first-order valence-electron chi connectivity index (χ1n) is 6.95. The van der Waals surface area contributed by atoms with Crippen LogP contribution in [0.4, 0.5) is 5.69 Å². The second kappa shape index (κ2) is 6.52. The first-order valence-corrected chi connectivity index (χ1v) is 6.95. The first-order chi connectivity index (χ1) is 9.56. The Labute approximate surface area is 118 Å². The van der Waals surface area contributed by atoms with Gasteiger partial charge >= 0.3 is 0 Å². The van der Waals surface area contributed by atoms with Crippen molar-refractivity contribution in [2.24, 2.45) is 0 Å². The van der Waals surface area contributed by atoms with Crippen LogP contribution in [0.5, 0.6) is 0 Å². The van der Waals surface area contributed by atoms with E-state index in [1.807, 2.05) is 6.07 Å². The van der Waals surface area contributed by atoms with E-state index in [1.54, 1.807) is 19.1 Å². The molecule has 1 atom stereocenters. The average Bonchev–Trinajstić information content (AvgIpc) is 2.42. The molecule has 1 unspecified atom stereocenters. The van der Waals surface area contributed by atoms with Crippen LogP contribution >= 0.6 is 0 Å². The lowest BCUT2D eigenvalue weighted by molar-refractivity contribution is -0.116.